The molecule has 7 nitrogen and oxygen atoms in total. The molecule has 7 heteroatoms. The van der Waals surface area contributed by atoms with Crippen molar-refractivity contribution in [1.29, 1.82) is 0 Å². The van der Waals surface area contributed by atoms with Gasteiger partial charge in [-0.2, -0.15) is 0 Å². The van der Waals surface area contributed by atoms with E-state index in [1.807, 2.05) is 6.07 Å². The Kier molecular flexibility index (Phi) is 5.09. The van der Waals surface area contributed by atoms with E-state index in [0.29, 0.717) is 11.3 Å². The van der Waals surface area contributed by atoms with Gasteiger partial charge in [-0.25, -0.2) is 0 Å². The van der Waals surface area contributed by atoms with Crippen LogP contribution in [0.5, 0.6) is 0 Å². The highest BCUT2D eigenvalue weighted by Crippen LogP contribution is 2.12. The summed E-state index contributed by atoms with van der Waals surface area (Å²) in [6.07, 6.45) is 1.36. The average molecular weight is 349 g/mol. The van der Waals surface area contributed by atoms with Crippen LogP contribution in [-0.4, -0.2) is 17.7 Å². The van der Waals surface area contributed by atoms with Gasteiger partial charge in [0.05, 0.1) is 6.26 Å². The zero-order valence-electron chi connectivity index (χ0n) is 13.6. The summed E-state index contributed by atoms with van der Waals surface area (Å²) in [5, 5.41) is 2.72. The topological polar surface area (TPSA) is 100 Å². The number of anilines is 1. The van der Waals surface area contributed by atoms with Crippen molar-refractivity contribution in [1.82, 2.24) is 10.9 Å². The number of hydrazine groups is 1. The van der Waals surface area contributed by atoms with E-state index >= 15 is 0 Å². The Morgan fingerprint density at radius 2 is 1.42 bits per heavy atom. The van der Waals surface area contributed by atoms with E-state index in [1.165, 1.54) is 18.4 Å². The second-order valence-corrected chi connectivity index (χ2v) is 5.29. The van der Waals surface area contributed by atoms with Gasteiger partial charge in [0.15, 0.2) is 5.76 Å². The summed E-state index contributed by atoms with van der Waals surface area (Å²) in [7, 11) is 0. The van der Waals surface area contributed by atoms with Crippen LogP contribution in [0, 0.1) is 0 Å². The highest BCUT2D eigenvalue weighted by atomic mass is 16.3. The van der Waals surface area contributed by atoms with Crippen molar-refractivity contribution in [3.8, 4) is 0 Å². The first kappa shape index (κ1) is 17.0. The molecule has 3 rings (SSSR count). The van der Waals surface area contributed by atoms with E-state index in [1.54, 1.807) is 48.5 Å². The summed E-state index contributed by atoms with van der Waals surface area (Å²) in [5.74, 6) is -1.30. The fourth-order valence-corrected chi connectivity index (χ4v) is 2.19. The minimum atomic E-state index is -0.572. The van der Waals surface area contributed by atoms with Gasteiger partial charge in [0.25, 0.3) is 11.8 Å². The SMILES string of the molecule is O=C(NNC(=O)c1ccco1)c1cccc(NC(=O)c2ccccc2)c1. The zero-order valence-corrected chi connectivity index (χ0v) is 13.6. The molecule has 130 valence electrons. The number of amides is 3. The molecule has 0 aliphatic heterocycles. The second kappa shape index (κ2) is 7.80. The van der Waals surface area contributed by atoms with E-state index in [-0.39, 0.29) is 17.2 Å². The van der Waals surface area contributed by atoms with Crippen LogP contribution in [0.3, 0.4) is 0 Å². The van der Waals surface area contributed by atoms with Crippen LogP contribution in [0.2, 0.25) is 0 Å². The first-order valence-corrected chi connectivity index (χ1v) is 7.74. The molecule has 0 saturated heterocycles. The highest BCUT2D eigenvalue weighted by molar-refractivity contribution is 6.05. The lowest BCUT2D eigenvalue weighted by atomic mass is 10.1. The van der Waals surface area contributed by atoms with Gasteiger partial charge in [-0.1, -0.05) is 24.3 Å². The van der Waals surface area contributed by atoms with Crippen molar-refractivity contribution in [3.05, 3.63) is 89.9 Å². The molecule has 0 unspecified atom stereocenters. The Morgan fingerprint density at radius 3 is 2.15 bits per heavy atom. The van der Waals surface area contributed by atoms with Gasteiger partial charge in [0.1, 0.15) is 0 Å². The number of nitrogens with one attached hydrogen (secondary N) is 3. The standard InChI is InChI=1S/C19H15N3O4/c23-17(13-6-2-1-3-7-13)20-15-9-4-8-14(12-15)18(24)21-22-19(25)16-10-5-11-26-16/h1-12H,(H,20,23)(H,21,24)(H,22,25). The minimum Gasteiger partial charge on any atom is -0.459 e. The molecule has 3 N–H and O–H groups in total. The molecule has 1 heterocycles. The van der Waals surface area contributed by atoms with Crippen LogP contribution < -0.4 is 16.2 Å². The van der Waals surface area contributed by atoms with Gasteiger partial charge in [-0.3, -0.25) is 25.2 Å². The van der Waals surface area contributed by atoms with Crippen molar-refractivity contribution in [2.75, 3.05) is 5.32 Å². The number of carbonyl (C=O) groups excluding carboxylic acids is 3. The summed E-state index contributed by atoms with van der Waals surface area (Å²) in [6.45, 7) is 0. The van der Waals surface area contributed by atoms with E-state index in [9.17, 15) is 14.4 Å². The van der Waals surface area contributed by atoms with Gasteiger partial charge in [0.2, 0.25) is 0 Å². The summed E-state index contributed by atoms with van der Waals surface area (Å²) in [6, 6.07) is 18.1. The third kappa shape index (κ3) is 4.15. The number of hydrogen-bond donors (Lipinski definition) is 3. The van der Waals surface area contributed by atoms with Crippen LogP contribution in [0.4, 0.5) is 5.69 Å². The number of benzene rings is 2. The normalized spacial score (nSPS) is 10.0. The Labute approximate surface area is 149 Å². The monoisotopic (exact) mass is 349 g/mol. The predicted octanol–water partition coefficient (Wildman–Crippen LogP) is 2.61. The van der Waals surface area contributed by atoms with Crippen molar-refractivity contribution in [3.63, 3.8) is 0 Å². The summed E-state index contributed by atoms with van der Waals surface area (Å²) >= 11 is 0. The molecule has 3 aromatic rings. The number of carbonyl (C=O) groups is 3. The molecule has 0 radical (unpaired) electrons. The molecule has 26 heavy (non-hydrogen) atoms. The molecule has 0 saturated carbocycles. The molecule has 0 spiro atoms. The van der Waals surface area contributed by atoms with Crippen LogP contribution in [0.25, 0.3) is 0 Å². The van der Waals surface area contributed by atoms with Crippen molar-refractivity contribution >= 4 is 23.4 Å². The minimum absolute atomic E-state index is 0.0779. The molecule has 2 aromatic carbocycles. The van der Waals surface area contributed by atoms with Gasteiger partial charge >= 0.3 is 5.91 Å². The first-order valence-electron chi connectivity index (χ1n) is 7.74. The van der Waals surface area contributed by atoms with Gasteiger partial charge in [-0.05, 0) is 42.5 Å². The fraction of sp³-hybridized carbons (Fsp3) is 0. The Hall–Kier alpha value is -3.87. The molecule has 3 amide bonds. The Bertz CT molecular complexity index is 921. The average Bonchev–Trinajstić information content (AvgIpc) is 3.21. The number of rotatable bonds is 4. The highest BCUT2D eigenvalue weighted by Gasteiger charge is 2.12. The van der Waals surface area contributed by atoms with Crippen LogP contribution in [0.1, 0.15) is 31.3 Å². The lowest BCUT2D eigenvalue weighted by molar-refractivity contribution is 0.0831. The summed E-state index contributed by atoms with van der Waals surface area (Å²) in [4.78, 5) is 36.1. The van der Waals surface area contributed by atoms with Crippen LogP contribution in [-0.2, 0) is 0 Å². The molecule has 1 aromatic heterocycles. The predicted molar refractivity (Wildman–Crippen MR) is 94.5 cm³/mol. The molecule has 0 aliphatic rings. The largest absolute Gasteiger partial charge is 0.459 e. The molecule has 0 aliphatic carbocycles. The summed E-state index contributed by atoms with van der Waals surface area (Å²) in [5.41, 5.74) is 5.78. The fourth-order valence-electron chi connectivity index (χ4n) is 2.19. The van der Waals surface area contributed by atoms with Gasteiger partial charge < -0.3 is 9.73 Å². The first-order chi connectivity index (χ1) is 12.6. The molecule has 0 atom stereocenters. The van der Waals surface area contributed by atoms with E-state index in [2.05, 4.69) is 16.2 Å². The Balaban J connectivity index is 1.62. The smallest absolute Gasteiger partial charge is 0.305 e. The lowest BCUT2D eigenvalue weighted by Gasteiger charge is -2.09. The van der Waals surface area contributed by atoms with Crippen molar-refractivity contribution in [2.24, 2.45) is 0 Å². The quantitative estimate of drug-likeness (QED) is 0.630. The molecule has 0 bridgehead atoms. The van der Waals surface area contributed by atoms with E-state index in [0.717, 1.165) is 0 Å². The maximum atomic E-state index is 12.2. The third-order valence-electron chi connectivity index (χ3n) is 3.45. The molecular weight excluding hydrogens is 334 g/mol. The van der Waals surface area contributed by atoms with Crippen molar-refractivity contribution in [2.45, 2.75) is 0 Å². The zero-order chi connectivity index (χ0) is 18.4. The second-order valence-electron chi connectivity index (χ2n) is 5.29. The van der Waals surface area contributed by atoms with Crippen molar-refractivity contribution < 1.29 is 18.8 Å². The van der Waals surface area contributed by atoms with Crippen LogP contribution in [0.15, 0.2) is 77.4 Å². The van der Waals surface area contributed by atoms with Gasteiger partial charge in [0, 0.05) is 16.8 Å². The molecule has 0 fully saturated rings. The number of hydrogen-bond acceptors (Lipinski definition) is 4. The maximum absolute atomic E-state index is 12.2. The lowest BCUT2D eigenvalue weighted by Crippen LogP contribution is -2.41. The van der Waals surface area contributed by atoms with E-state index in [4.69, 9.17) is 4.42 Å². The van der Waals surface area contributed by atoms with Crippen LogP contribution >= 0.6 is 0 Å². The summed E-state index contributed by atoms with van der Waals surface area (Å²) < 4.78 is 4.93. The van der Waals surface area contributed by atoms with Gasteiger partial charge in [-0.15, -0.1) is 0 Å². The van der Waals surface area contributed by atoms with E-state index < -0.39 is 11.8 Å². The number of furan rings is 1. The maximum Gasteiger partial charge on any atom is 0.305 e. The molecular formula is C19H15N3O4. The Morgan fingerprint density at radius 1 is 0.692 bits per heavy atom. The third-order valence-corrected chi connectivity index (χ3v) is 3.45.